The highest BCUT2D eigenvalue weighted by atomic mass is 16.5. The lowest BCUT2D eigenvalue weighted by Crippen LogP contribution is -2.19. The Morgan fingerprint density at radius 2 is 1.55 bits per heavy atom. The van der Waals surface area contributed by atoms with Gasteiger partial charge in [-0.25, -0.2) is 0 Å². The first-order valence-corrected chi connectivity index (χ1v) is 6.95. The second-order valence-corrected chi connectivity index (χ2v) is 5.39. The van der Waals surface area contributed by atoms with Gasteiger partial charge in [0.05, 0.1) is 13.2 Å². The highest BCUT2D eigenvalue weighted by Crippen LogP contribution is 2.31. The number of nitrogens with one attached hydrogen (secondary N) is 1. The molecule has 0 aliphatic carbocycles. The van der Waals surface area contributed by atoms with Gasteiger partial charge in [-0.05, 0) is 39.4 Å². The summed E-state index contributed by atoms with van der Waals surface area (Å²) in [6, 6.07) is 13.1. The molecule has 2 aromatic carbocycles. The van der Waals surface area contributed by atoms with Crippen LogP contribution in [0.1, 0.15) is 33.9 Å². The van der Waals surface area contributed by atoms with E-state index in [2.05, 4.69) is 56.4 Å². The Morgan fingerprint density at radius 1 is 0.900 bits per heavy atom. The van der Waals surface area contributed by atoms with Gasteiger partial charge in [-0.1, -0.05) is 47.0 Å². The number of benzene rings is 2. The lowest BCUT2D eigenvalue weighted by atomic mass is 9.94. The lowest BCUT2D eigenvalue weighted by Gasteiger charge is -2.21. The van der Waals surface area contributed by atoms with E-state index in [-0.39, 0.29) is 6.04 Å². The normalized spacial score (nSPS) is 12.2. The highest BCUT2D eigenvalue weighted by Gasteiger charge is 2.17. The Labute approximate surface area is 121 Å². The summed E-state index contributed by atoms with van der Waals surface area (Å²) >= 11 is 0. The van der Waals surface area contributed by atoms with Gasteiger partial charge in [0, 0.05) is 5.56 Å². The molecule has 0 aromatic heterocycles. The molecule has 0 heterocycles. The van der Waals surface area contributed by atoms with Crippen molar-refractivity contribution in [3.63, 3.8) is 0 Å². The fourth-order valence-electron chi connectivity index (χ4n) is 2.76. The molecule has 0 spiro atoms. The monoisotopic (exact) mass is 269 g/mol. The minimum absolute atomic E-state index is 0.142. The first kappa shape index (κ1) is 14.6. The Bertz CT molecular complexity index is 584. The van der Waals surface area contributed by atoms with Crippen molar-refractivity contribution in [2.24, 2.45) is 0 Å². The van der Waals surface area contributed by atoms with Crippen molar-refractivity contribution in [2.45, 2.75) is 26.8 Å². The van der Waals surface area contributed by atoms with Gasteiger partial charge < -0.3 is 10.1 Å². The molecule has 20 heavy (non-hydrogen) atoms. The van der Waals surface area contributed by atoms with Crippen molar-refractivity contribution >= 4 is 0 Å². The maximum Gasteiger partial charge on any atom is 0.123 e. The Morgan fingerprint density at radius 3 is 2.10 bits per heavy atom. The molecule has 2 heteroatoms. The molecule has 0 fully saturated rings. The number of ether oxygens (including phenoxy) is 1. The maximum atomic E-state index is 5.53. The van der Waals surface area contributed by atoms with Gasteiger partial charge in [0.1, 0.15) is 5.75 Å². The van der Waals surface area contributed by atoms with Gasteiger partial charge in [-0.3, -0.25) is 0 Å². The number of methoxy groups -OCH3 is 1. The molecule has 1 unspecified atom stereocenters. The summed E-state index contributed by atoms with van der Waals surface area (Å²) in [6.07, 6.45) is 0. The minimum atomic E-state index is 0.142. The molecular formula is C18H23NO. The molecule has 2 nitrogen and oxygen atoms in total. The van der Waals surface area contributed by atoms with E-state index in [0.717, 1.165) is 5.75 Å². The van der Waals surface area contributed by atoms with E-state index >= 15 is 0 Å². The van der Waals surface area contributed by atoms with E-state index in [1.165, 1.54) is 27.8 Å². The van der Waals surface area contributed by atoms with E-state index in [1.54, 1.807) is 7.11 Å². The van der Waals surface area contributed by atoms with Gasteiger partial charge in [-0.15, -0.1) is 0 Å². The third-order valence-corrected chi connectivity index (χ3v) is 3.56. The number of aryl methyl sites for hydroxylation is 3. The summed E-state index contributed by atoms with van der Waals surface area (Å²) in [5.74, 6) is 0.925. The fraction of sp³-hybridized carbons (Fsp3) is 0.333. The largest absolute Gasteiger partial charge is 0.496 e. The molecule has 0 aliphatic heterocycles. The van der Waals surface area contributed by atoms with Crippen LogP contribution in [0.2, 0.25) is 0 Å². The standard InChI is InChI=1S/C18H23NO/c1-12-6-7-17(20-5)16(11-12)18(19-4)15-9-13(2)8-14(3)10-15/h6-11,18-19H,1-5H3. The van der Waals surface area contributed by atoms with Crippen LogP contribution in [0, 0.1) is 20.8 Å². The zero-order valence-electron chi connectivity index (χ0n) is 12.9. The summed E-state index contributed by atoms with van der Waals surface area (Å²) in [5, 5.41) is 3.41. The van der Waals surface area contributed by atoms with Gasteiger partial charge in [0.2, 0.25) is 0 Å². The summed E-state index contributed by atoms with van der Waals surface area (Å²) in [7, 11) is 3.71. The molecule has 2 aromatic rings. The highest BCUT2D eigenvalue weighted by molar-refractivity contribution is 5.45. The zero-order valence-corrected chi connectivity index (χ0v) is 12.9. The van der Waals surface area contributed by atoms with Crippen LogP contribution in [0.3, 0.4) is 0 Å². The van der Waals surface area contributed by atoms with Crippen molar-refractivity contribution in [3.8, 4) is 5.75 Å². The fourth-order valence-corrected chi connectivity index (χ4v) is 2.76. The van der Waals surface area contributed by atoms with E-state index in [4.69, 9.17) is 4.74 Å². The van der Waals surface area contributed by atoms with Crippen LogP contribution in [0.15, 0.2) is 36.4 Å². The van der Waals surface area contributed by atoms with E-state index < -0.39 is 0 Å². The summed E-state index contributed by atoms with van der Waals surface area (Å²) in [6.45, 7) is 6.38. The molecule has 0 bridgehead atoms. The van der Waals surface area contributed by atoms with Crippen LogP contribution < -0.4 is 10.1 Å². The average molecular weight is 269 g/mol. The predicted octanol–water partition coefficient (Wildman–Crippen LogP) is 3.93. The van der Waals surface area contributed by atoms with Crippen LogP contribution in [0.25, 0.3) is 0 Å². The van der Waals surface area contributed by atoms with Gasteiger partial charge >= 0.3 is 0 Å². The van der Waals surface area contributed by atoms with Crippen LogP contribution >= 0.6 is 0 Å². The molecular weight excluding hydrogens is 246 g/mol. The van der Waals surface area contributed by atoms with E-state index in [1.807, 2.05) is 13.1 Å². The number of hydrogen-bond acceptors (Lipinski definition) is 2. The van der Waals surface area contributed by atoms with Gasteiger partial charge in [-0.2, -0.15) is 0 Å². The first-order valence-electron chi connectivity index (χ1n) is 6.95. The summed E-state index contributed by atoms with van der Waals surface area (Å²) < 4.78 is 5.53. The predicted molar refractivity (Wildman–Crippen MR) is 84.5 cm³/mol. The van der Waals surface area contributed by atoms with Crippen molar-refractivity contribution < 1.29 is 4.74 Å². The van der Waals surface area contributed by atoms with Gasteiger partial charge in [0.15, 0.2) is 0 Å². The molecule has 2 rings (SSSR count). The number of hydrogen-bond donors (Lipinski definition) is 1. The van der Waals surface area contributed by atoms with Crippen LogP contribution in [0.4, 0.5) is 0 Å². The molecule has 106 valence electrons. The lowest BCUT2D eigenvalue weighted by molar-refractivity contribution is 0.405. The Hall–Kier alpha value is -1.80. The SMILES string of the molecule is CNC(c1cc(C)cc(C)c1)c1cc(C)ccc1OC. The third-order valence-electron chi connectivity index (χ3n) is 3.56. The molecule has 0 saturated carbocycles. The minimum Gasteiger partial charge on any atom is -0.496 e. The Kier molecular flexibility index (Phi) is 4.46. The molecule has 0 saturated heterocycles. The van der Waals surface area contributed by atoms with Crippen molar-refractivity contribution in [1.82, 2.24) is 5.32 Å². The topological polar surface area (TPSA) is 21.3 Å². The number of rotatable bonds is 4. The van der Waals surface area contributed by atoms with Crippen molar-refractivity contribution in [3.05, 3.63) is 64.2 Å². The third kappa shape index (κ3) is 3.02. The smallest absolute Gasteiger partial charge is 0.123 e. The van der Waals surface area contributed by atoms with Crippen LogP contribution in [-0.2, 0) is 0 Å². The van der Waals surface area contributed by atoms with E-state index in [0.29, 0.717) is 0 Å². The van der Waals surface area contributed by atoms with Crippen LogP contribution in [0.5, 0.6) is 5.75 Å². The summed E-state index contributed by atoms with van der Waals surface area (Å²) in [5.41, 5.74) is 6.26. The molecule has 1 atom stereocenters. The average Bonchev–Trinajstić information content (AvgIpc) is 2.39. The molecule has 0 radical (unpaired) electrons. The summed E-state index contributed by atoms with van der Waals surface area (Å²) in [4.78, 5) is 0. The second kappa shape index (κ2) is 6.10. The van der Waals surface area contributed by atoms with Gasteiger partial charge in [0.25, 0.3) is 0 Å². The first-order chi connectivity index (χ1) is 9.55. The quantitative estimate of drug-likeness (QED) is 0.908. The zero-order chi connectivity index (χ0) is 14.7. The second-order valence-electron chi connectivity index (χ2n) is 5.39. The van der Waals surface area contributed by atoms with Crippen molar-refractivity contribution in [2.75, 3.05) is 14.2 Å². The Balaban J connectivity index is 2.54. The molecule has 0 aliphatic rings. The molecule has 0 amide bonds. The van der Waals surface area contributed by atoms with E-state index in [9.17, 15) is 0 Å². The van der Waals surface area contributed by atoms with Crippen molar-refractivity contribution in [1.29, 1.82) is 0 Å². The maximum absolute atomic E-state index is 5.53. The molecule has 1 N–H and O–H groups in total. The van der Waals surface area contributed by atoms with Crippen LogP contribution in [-0.4, -0.2) is 14.2 Å².